The molecule has 0 bridgehead atoms. The molecule has 4 N–H and O–H groups in total. The third-order valence-electron chi connectivity index (χ3n) is 1.47. The summed E-state index contributed by atoms with van der Waals surface area (Å²) in [5.41, 5.74) is -0.0219. The van der Waals surface area contributed by atoms with Crippen LogP contribution in [0.15, 0.2) is 15.7 Å². The summed E-state index contributed by atoms with van der Waals surface area (Å²) in [4.78, 5) is 0. The van der Waals surface area contributed by atoms with Crippen molar-refractivity contribution < 1.29 is 10.3 Å². The highest BCUT2D eigenvalue weighted by Crippen LogP contribution is 2.31. The molecule has 15 heavy (non-hydrogen) atoms. The first-order valence-corrected chi connectivity index (χ1v) is 6.28. The van der Waals surface area contributed by atoms with Gasteiger partial charge >= 0.3 is 0 Å². The van der Waals surface area contributed by atoms with Crippen LogP contribution in [0.25, 0.3) is 0 Å². The Hall–Kier alpha value is -0.110. The summed E-state index contributed by atoms with van der Waals surface area (Å²) in [6.45, 7) is 7.42. The van der Waals surface area contributed by atoms with Gasteiger partial charge in [0.25, 0.3) is 0 Å². The largest absolute Gasteiger partial charge is 0.386 e. The number of nitrogens with two attached hydrogens (primary N) is 1. The van der Waals surface area contributed by atoms with E-state index < -0.39 is 5.60 Å². The summed E-state index contributed by atoms with van der Waals surface area (Å²) in [7, 11) is 0. The van der Waals surface area contributed by atoms with Gasteiger partial charge in [0.05, 0.1) is 9.81 Å². The van der Waals surface area contributed by atoms with Gasteiger partial charge in [-0.1, -0.05) is 18.4 Å². The summed E-state index contributed by atoms with van der Waals surface area (Å²) >= 11 is 2.44. The number of thiophene rings is 1. The maximum absolute atomic E-state index is 9.63. The lowest BCUT2D eigenvalue weighted by Crippen LogP contribution is -2.17. The third kappa shape index (κ3) is 5.50. The van der Waals surface area contributed by atoms with Gasteiger partial charge in [-0.3, -0.25) is 5.21 Å². The molecule has 0 aliphatic carbocycles. The molecule has 0 radical (unpaired) electrons. The van der Waals surface area contributed by atoms with Gasteiger partial charge < -0.3 is 5.11 Å². The van der Waals surface area contributed by atoms with Gasteiger partial charge in [0, 0.05) is 11.9 Å². The molecule has 0 spiro atoms. The Morgan fingerprint density at radius 1 is 1.47 bits per heavy atom. The number of hydrogen-bond donors (Lipinski definition) is 3. The first-order chi connectivity index (χ1) is 6.89. The summed E-state index contributed by atoms with van der Waals surface area (Å²) in [6.07, 6.45) is 0. The smallest absolute Gasteiger partial charge is 0.0848 e. The molecular weight excluding hydrogens is 232 g/mol. The van der Waals surface area contributed by atoms with Crippen LogP contribution >= 0.6 is 23.3 Å². The van der Waals surface area contributed by atoms with E-state index in [0.717, 1.165) is 21.7 Å². The zero-order valence-corrected chi connectivity index (χ0v) is 11.0. The highest BCUT2D eigenvalue weighted by atomic mass is 32.2. The van der Waals surface area contributed by atoms with E-state index in [4.69, 9.17) is 11.0 Å². The highest BCUT2D eigenvalue weighted by Gasteiger charge is 2.18. The van der Waals surface area contributed by atoms with Crippen molar-refractivity contribution in [2.45, 2.75) is 37.5 Å². The van der Waals surface area contributed by atoms with E-state index in [1.165, 1.54) is 11.3 Å². The van der Waals surface area contributed by atoms with Crippen molar-refractivity contribution in [2.24, 2.45) is 5.84 Å². The number of rotatable bonds is 3. The Morgan fingerprint density at radius 2 is 2.00 bits per heavy atom. The minimum absolute atomic E-state index is 0.542. The number of hydrogen-bond acceptors (Lipinski definition) is 6. The van der Waals surface area contributed by atoms with Gasteiger partial charge in [0.1, 0.15) is 0 Å². The second-order valence-corrected chi connectivity index (χ2v) is 5.27. The summed E-state index contributed by atoms with van der Waals surface area (Å²) < 4.78 is 1.38. The standard InChI is InChI=1S/C7H12N2O2S2.C2H6/c1-7(2,10)5-3-6(12-4-5)13-9(8)11;1-2/h3-4,10-11H,8H2,1-2H3;1-2H3. The zero-order chi connectivity index (χ0) is 12.1. The molecule has 1 rings (SSSR count). The van der Waals surface area contributed by atoms with Crippen LogP contribution in [0.3, 0.4) is 0 Å². The van der Waals surface area contributed by atoms with Crippen LogP contribution in [0.4, 0.5) is 0 Å². The van der Waals surface area contributed by atoms with E-state index in [-0.39, 0.29) is 0 Å². The van der Waals surface area contributed by atoms with E-state index in [9.17, 15) is 5.11 Å². The van der Waals surface area contributed by atoms with Gasteiger partial charge in [-0.2, -0.15) is 0 Å². The second kappa shape index (κ2) is 6.47. The molecule has 0 unspecified atom stereocenters. The first kappa shape index (κ1) is 14.9. The molecule has 0 atom stereocenters. The van der Waals surface area contributed by atoms with Gasteiger partial charge in [-0.25, -0.2) is 5.84 Å². The molecular formula is C9H18N2O2S2. The Morgan fingerprint density at radius 3 is 2.33 bits per heavy atom. The van der Waals surface area contributed by atoms with Gasteiger partial charge in [-0.15, -0.1) is 11.3 Å². The van der Waals surface area contributed by atoms with Gasteiger partial charge in [-0.05, 0) is 30.9 Å². The Labute approximate surface area is 98.8 Å². The van der Waals surface area contributed by atoms with Crippen molar-refractivity contribution in [2.75, 3.05) is 0 Å². The summed E-state index contributed by atoms with van der Waals surface area (Å²) in [5.74, 6) is 5.04. The number of nitrogens with zero attached hydrogens (tertiary/aromatic N) is 1. The summed E-state index contributed by atoms with van der Waals surface area (Å²) in [6, 6.07) is 1.80. The number of aliphatic hydroxyl groups is 1. The fraction of sp³-hybridized carbons (Fsp3) is 0.556. The molecule has 0 aliphatic heterocycles. The summed E-state index contributed by atoms with van der Waals surface area (Å²) in [5, 5.41) is 20.2. The predicted molar refractivity (Wildman–Crippen MR) is 64.6 cm³/mol. The van der Waals surface area contributed by atoms with Gasteiger partial charge in [0.2, 0.25) is 0 Å². The molecule has 0 fully saturated rings. The van der Waals surface area contributed by atoms with Crippen LogP contribution in [-0.2, 0) is 5.60 Å². The molecule has 0 saturated heterocycles. The lowest BCUT2D eigenvalue weighted by molar-refractivity contribution is 0.0165. The van der Waals surface area contributed by atoms with Crippen LogP contribution in [0.5, 0.6) is 0 Å². The van der Waals surface area contributed by atoms with Gasteiger partial charge in [0.15, 0.2) is 0 Å². The van der Waals surface area contributed by atoms with Crippen LogP contribution < -0.4 is 5.84 Å². The van der Waals surface area contributed by atoms with Crippen molar-refractivity contribution in [1.29, 1.82) is 0 Å². The molecule has 0 aliphatic rings. The molecule has 88 valence electrons. The lowest BCUT2D eigenvalue weighted by atomic mass is 10.0. The molecule has 0 saturated carbocycles. The van der Waals surface area contributed by atoms with E-state index in [2.05, 4.69) is 0 Å². The third-order valence-corrected chi connectivity index (χ3v) is 3.18. The van der Waals surface area contributed by atoms with Crippen LogP contribution in [0.1, 0.15) is 33.3 Å². The SMILES string of the molecule is CC.CC(C)(O)c1csc(SN(N)O)c1. The van der Waals surface area contributed by atoms with Crippen molar-refractivity contribution in [3.05, 3.63) is 17.0 Å². The topological polar surface area (TPSA) is 69.7 Å². The first-order valence-electron chi connectivity index (χ1n) is 4.62. The van der Waals surface area contributed by atoms with E-state index in [0.29, 0.717) is 4.58 Å². The van der Waals surface area contributed by atoms with Crippen molar-refractivity contribution >= 4 is 23.3 Å². The van der Waals surface area contributed by atoms with Crippen molar-refractivity contribution in [1.82, 2.24) is 4.58 Å². The average molecular weight is 250 g/mol. The Bertz CT molecular complexity index is 282. The molecule has 1 aromatic rings. The molecule has 0 aromatic carbocycles. The van der Waals surface area contributed by atoms with Crippen molar-refractivity contribution in [3.8, 4) is 0 Å². The molecule has 6 heteroatoms. The average Bonchev–Trinajstić information content (AvgIpc) is 2.54. The maximum Gasteiger partial charge on any atom is 0.0848 e. The molecule has 4 nitrogen and oxygen atoms in total. The second-order valence-electron chi connectivity index (χ2n) is 3.11. The van der Waals surface area contributed by atoms with E-state index in [1.54, 1.807) is 19.9 Å². The number of hydrazine groups is 1. The zero-order valence-electron chi connectivity index (χ0n) is 9.39. The quantitative estimate of drug-likeness (QED) is 0.437. The Kier molecular flexibility index (Phi) is 6.42. The minimum atomic E-state index is -0.843. The lowest BCUT2D eigenvalue weighted by Gasteiger charge is -2.14. The van der Waals surface area contributed by atoms with Crippen LogP contribution in [0, 0.1) is 0 Å². The normalized spacial score (nSPS) is 11.2. The van der Waals surface area contributed by atoms with E-state index in [1.807, 2.05) is 19.2 Å². The molecule has 1 aromatic heterocycles. The predicted octanol–water partition coefficient (Wildman–Crippen LogP) is 2.57. The molecule has 1 heterocycles. The fourth-order valence-corrected chi connectivity index (χ4v) is 2.48. The highest BCUT2D eigenvalue weighted by molar-refractivity contribution is 7.98. The van der Waals surface area contributed by atoms with Crippen molar-refractivity contribution in [3.63, 3.8) is 0 Å². The molecule has 0 amide bonds. The van der Waals surface area contributed by atoms with Crippen LogP contribution in [0.2, 0.25) is 0 Å². The van der Waals surface area contributed by atoms with E-state index >= 15 is 0 Å². The monoisotopic (exact) mass is 250 g/mol. The Balaban J connectivity index is 0.000000921. The minimum Gasteiger partial charge on any atom is -0.386 e. The van der Waals surface area contributed by atoms with Crippen LogP contribution in [-0.4, -0.2) is 14.9 Å². The fourth-order valence-electron chi connectivity index (χ4n) is 0.777. The maximum atomic E-state index is 9.63.